The van der Waals surface area contributed by atoms with Crippen molar-refractivity contribution in [1.82, 2.24) is 10.2 Å². The van der Waals surface area contributed by atoms with Crippen molar-refractivity contribution in [1.29, 1.82) is 0 Å². The standard InChI is InChI=1S/C24H20N2O3/c1-16-6-8-17(9-7-16)14-25-22(27)19-12-10-18(11-13-19)15-26-23(28)20-4-2-3-5-21(20)24(26)29/h2-13H,14-15H2,1H3,(H,25,27). The molecule has 0 aliphatic carbocycles. The summed E-state index contributed by atoms with van der Waals surface area (Å²) >= 11 is 0. The molecule has 1 heterocycles. The molecule has 1 N–H and O–H groups in total. The summed E-state index contributed by atoms with van der Waals surface area (Å²) in [6.07, 6.45) is 0. The van der Waals surface area contributed by atoms with E-state index in [-0.39, 0.29) is 24.3 Å². The van der Waals surface area contributed by atoms with E-state index >= 15 is 0 Å². The number of hydrogen-bond donors (Lipinski definition) is 1. The van der Waals surface area contributed by atoms with Gasteiger partial charge in [-0.2, -0.15) is 0 Å². The Morgan fingerprint density at radius 3 is 1.93 bits per heavy atom. The Labute approximate surface area is 169 Å². The maximum absolute atomic E-state index is 12.5. The Hall–Kier alpha value is -3.73. The Kier molecular flexibility index (Phi) is 4.96. The van der Waals surface area contributed by atoms with Gasteiger partial charge in [-0.05, 0) is 42.3 Å². The zero-order chi connectivity index (χ0) is 20.4. The number of nitrogens with one attached hydrogen (secondary N) is 1. The van der Waals surface area contributed by atoms with Gasteiger partial charge in [-0.25, -0.2) is 0 Å². The van der Waals surface area contributed by atoms with Crippen LogP contribution >= 0.6 is 0 Å². The molecular weight excluding hydrogens is 364 g/mol. The number of carbonyl (C=O) groups is 3. The lowest BCUT2D eigenvalue weighted by atomic mass is 10.1. The molecule has 0 spiro atoms. The molecule has 0 fully saturated rings. The number of hydrogen-bond acceptors (Lipinski definition) is 3. The van der Waals surface area contributed by atoms with E-state index in [1.807, 2.05) is 31.2 Å². The molecule has 144 valence electrons. The molecule has 0 unspecified atom stereocenters. The zero-order valence-electron chi connectivity index (χ0n) is 16.0. The first-order valence-electron chi connectivity index (χ1n) is 9.41. The van der Waals surface area contributed by atoms with Crippen molar-refractivity contribution < 1.29 is 14.4 Å². The molecule has 1 aliphatic heterocycles. The Morgan fingerprint density at radius 1 is 0.793 bits per heavy atom. The monoisotopic (exact) mass is 384 g/mol. The number of aryl methyl sites for hydroxylation is 1. The molecule has 29 heavy (non-hydrogen) atoms. The minimum Gasteiger partial charge on any atom is -0.348 e. The molecule has 0 radical (unpaired) electrons. The van der Waals surface area contributed by atoms with Gasteiger partial charge in [-0.15, -0.1) is 0 Å². The van der Waals surface area contributed by atoms with Crippen molar-refractivity contribution in [2.45, 2.75) is 20.0 Å². The van der Waals surface area contributed by atoms with Crippen LogP contribution in [0.5, 0.6) is 0 Å². The molecular formula is C24H20N2O3. The number of amides is 3. The Bertz CT molecular complexity index is 1050. The second-order valence-corrected chi connectivity index (χ2v) is 7.11. The average Bonchev–Trinajstić information content (AvgIpc) is 2.99. The molecule has 0 bridgehead atoms. The molecule has 5 nitrogen and oxygen atoms in total. The van der Waals surface area contributed by atoms with Crippen LogP contribution < -0.4 is 5.32 Å². The lowest BCUT2D eigenvalue weighted by Gasteiger charge is -2.14. The zero-order valence-corrected chi connectivity index (χ0v) is 16.0. The molecule has 0 saturated heterocycles. The van der Waals surface area contributed by atoms with Crippen molar-refractivity contribution in [3.05, 3.63) is 106 Å². The number of rotatable bonds is 5. The van der Waals surface area contributed by atoms with Gasteiger partial charge in [0.1, 0.15) is 0 Å². The van der Waals surface area contributed by atoms with Gasteiger partial charge in [-0.3, -0.25) is 19.3 Å². The molecule has 3 amide bonds. The molecule has 4 rings (SSSR count). The van der Waals surface area contributed by atoms with Crippen molar-refractivity contribution in [2.24, 2.45) is 0 Å². The van der Waals surface area contributed by atoms with Crippen LogP contribution in [0.25, 0.3) is 0 Å². The van der Waals surface area contributed by atoms with Crippen LogP contribution in [-0.4, -0.2) is 22.6 Å². The van der Waals surface area contributed by atoms with Gasteiger partial charge in [0.05, 0.1) is 17.7 Å². The van der Waals surface area contributed by atoms with Crippen LogP contribution in [0.3, 0.4) is 0 Å². The molecule has 3 aromatic rings. The highest BCUT2D eigenvalue weighted by atomic mass is 16.2. The van der Waals surface area contributed by atoms with Gasteiger partial charge in [-0.1, -0.05) is 54.1 Å². The molecule has 0 saturated carbocycles. The van der Waals surface area contributed by atoms with Crippen LogP contribution in [0.1, 0.15) is 47.8 Å². The second kappa shape index (κ2) is 7.72. The predicted octanol–water partition coefficient (Wildman–Crippen LogP) is 3.72. The van der Waals surface area contributed by atoms with Crippen LogP contribution in [0.2, 0.25) is 0 Å². The highest BCUT2D eigenvalue weighted by Gasteiger charge is 2.34. The fourth-order valence-electron chi connectivity index (χ4n) is 3.32. The quantitative estimate of drug-likeness (QED) is 0.682. The first kappa shape index (κ1) is 18.6. The van der Waals surface area contributed by atoms with E-state index in [1.54, 1.807) is 48.5 Å². The third-order valence-corrected chi connectivity index (χ3v) is 5.01. The number of imide groups is 1. The van der Waals surface area contributed by atoms with Crippen LogP contribution in [0.15, 0.2) is 72.8 Å². The van der Waals surface area contributed by atoms with E-state index in [0.29, 0.717) is 23.2 Å². The van der Waals surface area contributed by atoms with Gasteiger partial charge in [0, 0.05) is 12.1 Å². The Morgan fingerprint density at radius 2 is 1.34 bits per heavy atom. The van der Waals surface area contributed by atoms with Crippen molar-refractivity contribution in [2.75, 3.05) is 0 Å². The number of nitrogens with zero attached hydrogens (tertiary/aromatic N) is 1. The van der Waals surface area contributed by atoms with E-state index in [1.165, 1.54) is 10.5 Å². The third kappa shape index (κ3) is 3.80. The van der Waals surface area contributed by atoms with E-state index in [9.17, 15) is 14.4 Å². The summed E-state index contributed by atoms with van der Waals surface area (Å²) in [5, 5.41) is 2.90. The fourth-order valence-corrected chi connectivity index (χ4v) is 3.32. The SMILES string of the molecule is Cc1ccc(CNC(=O)c2ccc(CN3C(=O)c4ccccc4C3=O)cc2)cc1. The Balaban J connectivity index is 1.39. The van der Waals surface area contributed by atoms with Crippen molar-refractivity contribution >= 4 is 17.7 Å². The van der Waals surface area contributed by atoms with Crippen molar-refractivity contribution in [3.8, 4) is 0 Å². The topological polar surface area (TPSA) is 66.5 Å². The van der Waals surface area contributed by atoms with E-state index in [2.05, 4.69) is 5.32 Å². The summed E-state index contributed by atoms with van der Waals surface area (Å²) in [7, 11) is 0. The van der Waals surface area contributed by atoms with Crippen LogP contribution in [-0.2, 0) is 13.1 Å². The lowest BCUT2D eigenvalue weighted by Crippen LogP contribution is -2.29. The van der Waals surface area contributed by atoms with Crippen LogP contribution in [0, 0.1) is 6.92 Å². The molecule has 1 aliphatic rings. The van der Waals surface area contributed by atoms with Crippen molar-refractivity contribution in [3.63, 3.8) is 0 Å². The van der Waals surface area contributed by atoms with Gasteiger partial charge in [0.15, 0.2) is 0 Å². The first-order valence-corrected chi connectivity index (χ1v) is 9.41. The van der Waals surface area contributed by atoms with Gasteiger partial charge >= 0.3 is 0 Å². The molecule has 3 aromatic carbocycles. The highest BCUT2D eigenvalue weighted by molar-refractivity contribution is 6.21. The minimum absolute atomic E-state index is 0.169. The summed E-state index contributed by atoms with van der Waals surface area (Å²) in [5.74, 6) is -0.742. The number of fused-ring (bicyclic) bond motifs is 1. The maximum Gasteiger partial charge on any atom is 0.261 e. The summed E-state index contributed by atoms with van der Waals surface area (Å²) in [6.45, 7) is 2.65. The largest absolute Gasteiger partial charge is 0.348 e. The summed E-state index contributed by atoms with van der Waals surface area (Å²) < 4.78 is 0. The normalized spacial score (nSPS) is 12.8. The minimum atomic E-state index is -0.287. The summed E-state index contributed by atoms with van der Waals surface area (Å²) in [5.41, 5.74) is 4.40. The molecule has 0 atom stereocenters. The average molecular weight is 384 g/mol. The molecule has 5 heteroatoms. The predicted molar refractivity (Wildman–Crippen MR) is 109 cm³/mol. The number of carbonyl (C=O) groups excluding carboxylic acids is 3. The van der Waals surface area contributed by atoms with E-state index < -0.39 is 0 Å². The lowest BCUT2D eigenvalue weighted by molar-refractivity contribution is 0.0641. The number of benzene rings is 3. The van der Waals surface area contributed by atoms with Crippen LogP contribution in [0.4, 0.5) is 0 Å². The third-order valence-electron chi connectivity index (χ3n) is 5.01. The maximum atomic E-state index is 12.5. The highest BCUT2D eigenvalue weighted by Crippen LogP contribution is 2.24. The smallest absolute Gasteiger partial charge is 0.261 e. The van der Waals surface area contributed by atoms with E-state index in [4.69, 9.17) is 0 Å². The summed E-state index contributed by atoms with van der Waals surface area (Å²) in [4.78, 5) is 38.5. The van der Waals surface area contributed by atoms with E-state index in [0.717, 1.165) is 11.1 Å². The fraction of sp³-hybridized carbons (Fsp3) is 0.125. The second-order valence-electron chi connectivity index (χ2n) is 7.11. The van der Waals surface area contributed by atoms with Gasteiger partial charge < -0.3 is 5.32 Å². The molecule has 0 aromatic heterocycles. The first-order chi connectivity index (χ1) is 14.0. The van der Waals surface area contributed by atoms with Gasteiger partial charge in [0.25, 0.3) is 17.7 Å². The van der Waals surface area contributed by atoms with Gasteiger partial charge in [0.2, 0.25) is 0 Å². The summed E-state index contributed by atoms with van der Waals surface area (Å²) in [6, 6.07) is 21.8.